The molecule has 6 rings (SSSR count). The highest BCUT2D eigenvalue weighted by molar-refractivity contribution is 7.99. The molecule has 8 heteroatoms. The van der Waals surface area contributed by atoms with Crippen molar-refractivity contribution < 1.29 is 4.79 Å². The molecule has 4 heterocycles. The van der Waals surface area contributed by atoms with Crippen LogP contribution in [0.2, 0.25) is 0 Å². The molecule has 1 amide bonds. The Kier molecular flexibility index (Phi) is 7.22. The van der Waals surface area contributed by atoms with Gasteiger partial charge >= 0.3 is 0 Å². The van der Waals surface area contributed by atoms with E-state index in [2.05, 4.69) is 91.9 Å². The quantitative estimate of drug-likeness (QED) is 0.500. The first kappa shape index (κ1) is 24.5. The van der Waals surface area contributed by atoms with Crippen molar-refractivity contribution in [3.63, 3.8) is 0 Å². The zero-order chi connectivity index (χ0) is 25.2. The van der Waals surface area contributed by atoms with Crippen molar-refractivity contribution in [1.82, 2.24) is 24.5 Å². The SMILES string of the molecule is Cc1cc(N2CCN([C@H]3C[C@@H](C(=O)N4CCSC4)N(Cc4ccccc4)C3)CC2)n(-c2ccccc2)n1. The lowest BCUT2D eigenvalue weighted by Gasteiger charge is -2.39. The predicted octanol–water partition coefficient (Wildman–Crippen LogP) is 3.48. The van der Waals surface area contributed by atoms with Crippen molar-refractivity contribution in [2.75, 3.05) is 55.8 Å². The Labute approximate surface area is 224 Å². The Hall–Kier alpha value is -2.81. The first-order chi connectivity index (χ1) is 18.2. The molecule has 3 saturated heterocycles. The topological polar surface area (TPSA) is 47.9 Å². The Morgan fingerprint density at radius 2 is 1.70 bits per heavy atom. The van der Waals surface area contributed by atoms with Crippen LogP contribution in [0.25, 0.3) is 5.69 Å². The van der Waals surface area contributed by atoms with Crippen LogP contribution in [0.1, 0.15) is 17.7 Å². The number of para-hydroxylation sites is 1. The molecule has 7 nitrogen and oxygen atoms in total. The number of amides is 1. The maximum absolute atomic E-state index is 13.5. The lowest BCUT2D eigenvalue weighted by Crippen LogP contribution is -2.51. The number of carbonyl (C=O) groups is 1. The molecular weight excluding hydrogens is 480 g/mol. The third-order valence-corrected chi connectivity index (χ3v) is 8.89. The van der Waals surface area contributed by atoms with E-state index in [4.69, 9.17) is 5.10 Å². The molecule has 0 spiro atoms. The molecule has 3 aliphatic heterocycles. The number of nitrogens with zero attached hydrogens (tertiary/aromatic N) is 6. The monoisotopic (exact) mass is 516 g/mol. The van der Waals surface area contributed by atoms with Gasteiger partial charge in [0.1, 0.15) is 5.82 Å². The van der Waals surface area contributed by atoms with Gasteiger partial charge in [0.2, 0.25) is 5.91 Å². The third kappa shape index (κ3) is 5.28. The fraction of sp³-hybridized carbons (Fsp3) is 0.448. The second-order valence-electron chi connectivity index (χ2n) is 10.4. The predicted molar refractivity (Wildman–Crippen MR) is 150 cm³/mol. The minimum absolute atomic E-state index is 0.0240. The lowest BCUT2D eigenvalue weighted by atomic mass is 10.1. The normalized spacial score (nSPS) is 23.2. The summed E-state index contributed by atoms with van der Waals surface area (Å²) in [5, 5.41) is 4.78. The minimum atomic E-state index is -0.0240. The molecule has 0 aliphatic carbocycles. The van der Waals surface area contributed by atoms with Gasteiger partial charge in [-0.25, -0.2) is 4.68 Å². The molecule has 37 heavy (non-hydrogen) atoms. The average molecular weight is 517 g/mol. The summed E-state index contributed by atoms with van der Waals surface area (Å²) >= 11 is 1.87. The number of piperazine rings is 1. The van der Waals surface area contributed by atoms with Crippen molar-refractivity contribution in [3.05, 3.63) is 78.0 Å². The summed E-state index contributed by atoms with van der Waals surface area (Å²) in [6, 6.07) is 23.6. The van der Waals surface area contributed by atoms with E-state index >= 15 is 0 Å². The Bertz CT molecular complexity index is 1190. The molecule has 0 radical (unpaired) electrons. The van der Waals surface area contributed by atoms with E-state index in [0.717, 1.165) is 75.2 Å². The number of benzene rings is 2. The van der Waals surface area contributed by atoms with Gasteiger partial charge in [0, 0.05) is 63.7 Å². The number of hydrogen-bond donors (Lipinski definition) is 0. The average Bonchev–Trinajstić information content (AvgIpc) is 3.70. The molecule has 2 atom stereocenters. The molecule has 3 aromatic rings. The van der Waals surface area contributed by atoms with Gasteiger partial charge in [0.15, 0.2) is 0 Å². The van der Waals surface area contributed by atoms with Gasteiger partial charge in [0.05, 0.1) is 23.3 Å². The Morgan fingerprint density at radius 3 is 2.41 bits per heavy atom. The molecule has 194 valence electrons. The minimum Gasteiger partial charge on any atom is -0.354 e. The van der Waals surface area contributed by atoms with Crippen molar-refractivity contribution >= 4 is 23.5 Å². The van der Waals surface area contributed by atoms with Crippen LogP contribution in [-0.4, -0.2) is 93.4 Å². The van der Waals surface area contributed by atoms with Crippen LogP contribution >= 0.6 is 11.8 Å². The molecule has 0 bridgehead atoms. The van der Waals surface area contributed by atoms with Crippen molar-refractivity contribution in [1.29, 1.82) is 0 Å². The van der Waals surface area contributed by atoms with Gasteiger partial charge < -0.3 is 9.80 Å². The van der Waals surface area contributed by atoms with E-state index in [1.54, 1.807) is 0 Å². The summed E-state index contributed by atoms with van der Waals surface area (Å²) in [7, 11) is 0. The van der Waals surface area contributed by atoms with Crippen molar-refractivity contribution in [2.24, 2.45) is 0 Å². The van der Waals surface area contributed by atoms with Gasteiger partial charge in [0.25, 0.3) is 0 Å². The van der Waals surface area contributed by atoms with Crippen LogP contribution in [0.5, 0.6) is 0 Å². The standard InChI is InChI=1S/C29H36N6OS/c1-23-18-28(35(30-23)25-10-6-3-7-11-25)32-14-12-31(13-15-32)26-19-27(29(36)33-16-17-37-22-33)34(21-26)20-24-8-4-2-5-9-24/h2-11,18,26-27H,12-17,19-22H2,1H3/t26-,27-/m0/s1. The molecule has 3 aliphatic rings. The molecule has 0 saturated carbocycles. The molecule has 0 N–H and O–H groups in total. The summed E-state index contributed by atoms with van der Waals surface area (Å²) in [5.41, 5.74) is 3.42. The van der Waals surface area contributed by atoms with Gasteiger partial charge in [-0.1, -0.05) is 48.5 Å². The van der Waals surface area contributed by atoms with Gasteiger partial charge in [-0.2, -0.15) is 5.10 Å². The number of anilines is 1. The number of aryl methyl sites for hydroxylation is 1. The number of likely N-dealkylation sites (tertiary alicyclic amines) is 1. The number of carbonyl (C=O) groups excluding carboxylic acids is 1. The number of aromatic nitrogens is 2. The number of thioether (sulfide) groups is 1. The van der Waals surface area contributed by atoms with Gasteiger partial charge in [-0.15, -0.1) is 11.8 Å². The summed E-state index contributed by atoms with van der Waals surface area (Å²) in [6.45, 7) is 8.68. The summed E-state index contributed by atoms with van der Waals surface area (Å²) in [5.74, 6) is 3.39. The second-order valence-corrected chi connectivity index (χ2v) is 11.4. The molecule has 0 unspecified atom stereocenters. The van der Waals surface area contributed by atoms with E-state index in [1.165, 1.54) is 11.4 Å². The summed E-state index contributed by atoms with van der Waals surface area (Å²) in [6.07, 6.45) is 0.924. The number of rotatable bonds is 6. The van der Waals surface area contributed by atoms with Crippen LogP contribution in [0.4, 0.5) is 5.82 Å². The van der Waals surface area contributed by atoms with E-state index in [1.807, 2.05) is 17.8 Å². The van der Waals surface area contributed by atoms with Crippen LogP contribution < -0.4 is 4.90 Å². The fourth-order valence-electron chi connectivity index (χ4n) is 5.98. The fourth-order valence-corrected chi connectivity index (χ4v) is 6.93. The van der Waals surface area contributed by atoms with Gasteiger partial charge in [-0.05, 0) is 31.0 Å². The molecule has 2 aromatic carbocycles. The first-order valence-corrected chi connectivity index (χ1v) is 14.6. The number of hydrogen-bond acceptors (Lipinski definition) is 6. The Balaban J connectivity index is 1.14. The Morgan fingerprint density at radius 1 is 0.973 bits per heavy atom. The third-order valence-electron chi connectivity index (χ3n) is 7.93. The van der Waals surface area contributed by atoms with Crippen LogP contribution in [-0.2, 0) is 11.3 Å². The van der Waals surface area contributed by atoms with E-state index in [-0.39, 0.29) is 6.04 Å². The van der Waals surface area contributed by atoms with Crippen LogP contribution in [0, 0.1) is 6.92 Å². The second kappa shape index (κ2) is 10.9. The maximum Gasteiger partial charge on any atom is 0.240 e. The highest BCUT2D eigenvalue weighted by atomic mass is 32.2. The molecule has 3 fully saturated rings. The van der Waals surface area contributed by atoms with Crippen molar-refractivity contribution in [2.45, 2.75) is 32.0 Å². The summed E-state index contributed by atoms with van der Waals surface area (Å²) < 4.78 is 2.07. The maximum atomic E-state index is 13.5. The van der Waals surface area contributed by atoms with Crippen LogP contribution in [0.3, 0.4) is 0 Å². The first-order valence-electron chi connectivity index (χ1n) is 13.4. The summed E-state index contributed by atoms with van der Waals surface area (Å²) in [4.78, 5) is 23.1. The zero-order valence-corrected chi connectivity index (χ0v) is 22.4. The molecule has 1 aromatic heterocycles. The molecular formula is C29H36N6OS. The zero-order valence-electron chi connectivity index (χ0n) is 21.6. The van der Waals surface area contributed by atoms with E-state index < -0.39 is 0 Å². The van der Waals surface area contributed by atoms with E-state index in [9.17, 15) is 4.79 Å². The lowest BCUT2D eigenvalue weighted by molar-refractivity contribution is -0.134. The highest BCUT2D eigenvalue weighted by Crippen LogP contribution is 2.29. The van der Waals surface area contributed by atoms with E-state index in [0.29, 0.717) is 11.9 Å². The largest absolute Gasteiger partial charge is 0.354 e. The van der Waals surface area contributed by atoms with Crippen LogP contribution in [0.15, 0.2) is 66.7 Å². The highest BCUT2D eigenvalue weighted by Gasteiger charge is 2.42. The smallest absolute Gasteiger partial charge is 0.240 e. The van der Waals surface area contributed by atoms with Crippen molar-refractivity contribution in [3.8, 4) is 5.69 Å². The van der Waals surface area contributed by atoms with Gasteiger partial charge in [-0.3, -0.25) is 14.6 Å².